The molecule has 0 saturated carbocycles. The maximum Gasteiger partial charge on any atom is 0.225 e. The summed E-state index contributed by atoms with van der Waals surface area (Å²) in [6, 6.07) is 0.148. The Morgan fingerprint density at radius 1 is 1.52 bits per heavy atom. The molecule has 6 nitrogen and oxygen atoms in total. The van der Waals surface area contributed by atoms with Crippen LogP contribution >= 0.6 is 0 Å². The second-order valence-electron chi connectivity index (χ2n) is 5.68. The smallest absolute Gasteiger partial charge is 0.225 e. The Hall–Kier alpha value is -1.85. The first-order valence-electron chi connectivity index (χ1n) is 7.65. The molecule has 0 spiro atoms. The number of aromatic nitrogens is 2. The van der Waals surface area contributed by atoms with Crippen molar-refractivity contribution < 1.29 is 9.59 Å². The molecular formula is C15H24N4O2. The summed E-state index contributed by atoms with van der Waals surface area (Å²) >= 11 is 0. The van der Waals surface area contributed by atoms with E-state index in [0.29, 0.717) is 13.0 Å². The lowest BCUT2D eigenvalue weighted by Crippen LogP contribution is -2.38. The van der Waals surface area contributed by atoms with Gasteiger partial charge in [-0.05, 0) is 19.8 Å². The minimum Gasteiger partial charge on any atom is -0.349 e. The third-order valence-corrected chi connectivity index (χ3v) is 4.29. The topological polar surface area (TPSA) is 78.1 Å². The zero-order valence-corrected chi connectivity index (χ0v) is 12.9. The lowest BCUT2D eigenvalue weighted by Gasteiger charge is -2.26. The molecule has 2 rings (SSSR count). The summed E-state index contributed by atoms with van der Waals surface area (Å²) in [6.07, 6.45) is 5.65. The summed E-state index contributed by atoms with van der Waals surface area (Å²) in [6.45, 7) is 6.61. The van der Waals surface area contributed by atoms with E-state index in [0.717, 1.165) is 18.4 Å². The van der Waals surface area contributed by atoms with E-state index in [9.17, 15) is 9.59 Å². The highest BCUT2D eigenvalue weighted by Gasteiger charge is 2.37. The Bertz CT molecular complexity index is 482. The number of carbonyl (C=O) groups excluding carboxylic acids is 2. The van der Waals surface area contributed by atoms with Gasteiger partial charge in [-0.25, -0.2) is 0 Å². The molecule has 6 heteroatoms. The largest absolute Gasteiger partial charge is 0.349 e. The Kier molecular flexibility index (Phi) is 4.98. The molecule has 1 aromatic heterocycles. The molecule has 1 aromatic rings. The monoisotopic (exact) mass is 292 g/mol. The minimum absolute atomic E-state index is 0.0505. The summed E-state index contributed by atoms with van der Waals surface area (Å²) in [5.41, 5.74) is 0.935. The molecule has 1 aliphatic heterocycles. The highest BCUT2D eigenvalue weighted by molar-refractivity contribution is 5.89. The molecule has 0 aromatic carbocycles. The van der Waals surface area contributed by atoms with Crippen LogP contribution < -0.4 is 5.32 Å². The number of rotatable bonds is 6. The van der Waals surface area contributed by atoms with E-state index in [1.54, 1.807) is 12.4 Å². The number of aromatic amines is 1. The van der Waals surface area contributed by atoms with Crippen molar-refractivity contribution in [2.45, 2.75) is 52.1 Å². The molecular weight excluding hydrogens is 268 g/mol. The molecule has 2 N–H and O–H groups in total. The van der Waals surface area contributed by atoms with Crippen LogP contribution in [-0.2, 0) is 9.59 Å². The number of nitrogens with one attached hydrogen (secondary N) is 2. The molecule has 2 atom stereocenters. The molecule has 1 aliphatic rings. The van der Waals surface area contributed by atoms with Crippen LogP contribution in [0.4, 0.5) is 0 Å². The van der Waals surface area contributed by atoms with Crippen LogP contribution in [-0.4, -0.2) is 39.5 Å². The fraction of sp³-hybridized carbons (Fsp3) is 0.667. The highest BCUT2D eigenvalue weighted by atomic mass is 16.2. The molecule has 1 saturated heterocycles. The van der Waals surface area contributed by atoms with Crippen LogP contribution in [0.5, 0.6) is 0 Å². The van der Waals surface area contributed by atoms with Crippen molar-refractivity contribution in [1.82, 2.24) is 20.4 Å². The Balaban J connectivity index is 1.94. The van der Waals surface area contributed by atoms with Gasteiger partial charge in [0.25, 0.3) is 0 Å². The Morgan fingerprint density at radius 3 is 2.81 bits per heavy atom. The summed E-state index contributed by atoms with van der Waals surface area (Å²) in [5.74, 6) is -0.197. The molecule has 0 aliphatic carbocycles. The molecule has 2 amide bonds. The van der Waals surface area contributed by atoms with Crippen LogP contribution in [0.1, 0.15) is 51.6 Å². The molecule has 0 bridgehead atoms. The van der Waals surface area contributed by atoms with Crippen molar-refractivity contribution in [3.63, 3.8) is 0 Å². The number of carbonyl (C=O) groups is 2. The standard InChI is InChI=1S/C15H24N4O2/c1-4-13(5-2)19-9-11(6-14(19)20)15(21)18-10(3)12-7-16-17-8-12/h7-8,10-11,13H,4-6,9H2,1-3H3,(H,16,17)(H,18,21). The van der Waals surface area contributed by atoms with E-state index in [4.69, 9.17) is 0 Å². The van der Waals surface area contributed by atoms with Gasteiger partial charge >= 0.3 is 0 Å². The second kappa shape index (κ2) is 6.74. The summed E-state index contributed by atoms with van der Waals surface area (Å²) in [4.78, 5) is 26.3. The first-order chi connectivity index (χ1) is 10.1. The number of amides is 2. The minimum atomic E-state index is -0.243. The quantitative estimate of drug-likeness (QED) is 0.836. The first kappa shape index (κ1) is 15.5. The van der Waals surface area contributed by atoms with Gasteiger partial charge in [-0.3, -0.25) is 14.7 Å². The maximum absolute atomic E-state index is 12.3. The number of hydrogen-bond donors (Lipinski definition) is 2. The van der Waals surface area contributed by atoms with Crippen molar-refractivity contribution in [3.8, 4) is 0 Å². The zero-order valence-electron chi connectivity index (χ0n) is 12.9. The van der Waals surface area contributed by atoms with Crippen molar-refractivity contribution >= 4 is 11.8 Å². The van der Waals surface area contributed by atoms with Gasteiger partial charge in [-0.1, -0.05) is 13.8 Å². The van der Waals surface area contributed by atoms with E-state index < -0.39 is 0 Å². The number of likely N-dealkylation sites (tertiary alicyclic amines) is 1. The summed E-state index contributed by atoms with van der Waals surface area (Å²) in [5, 5.41) is 9.58. The molecule has 21 heavy (non-hydrogen) atoms. The molecule has 2 heterocycles. The fourth-order valence-corrected chi connectivity index (χ4v) is 2.90. The van der Waals surface area contributed by atoms with E-state index in [1.807, 2.05) is 11.8 Å². The van der Waals surface area contributed by atoms with E-state index in [2.05, 4.69) is 29.4 Å². The van der Waals surface area contributed by atoms with Crippen LogP contribution in [0.25, 0.3) is 0 Å². The highest BCUT2D eigenvalue weighted by Crippen LogP contribution is 2.24. The summed E-state index contributed by atoms with van der Waals surface area (Å²) in [7, 11) is 0. The van der Waals surface area contributed by atoms with Gasteiger partial charge in [-0.2, -0.15) is 5.10 Å². The van der Waals surface area contributed by atoms with Crippen molar-refractivity contribution in [2.75, 3.05) is 6.54 Å². The normalized spacial score (nSPS) is 20.1. The van der Waals surface area contributed by atoms with Gasteiger partial charge in [0.1, 0.15) is 0 Å². The lowest BCUT2D eigenvalue weighted by atomic mass is 10.1. The van der Waals surface area contributed by atoms with Crippen LogP contribution in [0.2, 0.25) is 0 Å². The van der Waals surface area contributed by atoms with Gasteiger partial charge in [0.15, 0.2) is 0 Å². The molecule has 2 unspecified atom stereocenters. The van der Waals surface area contributed by atoms with Crippen molar-refractivity contribution in [3.05, 3.63) is 18.0 Å². The molecule has 116 valence electrons. The third-order valence-electron chi connectivity index (χ3n) is 4.29. The SMILES string of the molecule is CCC(CC)N1CC(C(=O)NC(C)c2cn[nH]c2)CC1=O. The van der Waals surface area contributed by atoms with Crippen molar-refractivity contribution in [2.24, 2.45) is 5.92 Å². The van der Waals surface area contributed by atoms with Crippen molar-refractivity contribution in [1.29, 1.82) is 0 Å². The maximum atomic E-state index is 12.3. The molecule has 1 fully saturated rings. The zero-order chi connectivity index (χ0) is 15.4. The van der Waals surface area contributed by atoms with E-state index in [-0.39, 0.29) is 29.8 Å². The fourth-order valence-electron chi connectivity index (χ4n) is 2.90. The first-order valence-corrected chi connectivity index (χ1v) is 7.65. The van der Waals surface area contributed by atoms with Gasteiger partial charge in [0, 0.05) is 30.8 Å². The van der Waals surface area contributed by atoms with Crippen LogP contribution in [0.3, 0.4) is 0 Å². The van der Waals surface area contributed by atoms with E-state index in [1.165, 1.54) is 0 Å². The summed E-state index contributed by atoms with van der Waals surface area (Å²) < 4.78 is 0. The van der Waals surface area contributed by atoms with Crippen LogP contribution in [0.15, 0.2) is 12.4 Å². The average Bonchev–Trinajstić information content (AvgIpc) is 3.10. The lowest BCUT2D eigenvalue weighted by molar-refractivity contribution is -0.130. The van der Waals surface area contributed by atoms with Gasteiger partial charge in [0.2, 0.25) is 11.8 Å². The average molecular weight is 292 g/mol. The Morgan fingerprint density at radius 2 is 2.24 bits per heavy atom. The van der Waals surface area contributed by atoms with Gasteiger partial charge in [-0.15, -0.1) is 0 Å². The van der Waals surface area contributed by atoms with Crippen LogP contribution in [0, 0.1) is 5.92 Å². The van der Waals surface area contributed by atoms with Gasteiger partial charge < -0.3 is 10.2 Å². The Labute approximate surface area is 125 Å². The predicted octanol–water partition coefficient (Wildman–Crippen LogP) is 1.62. The third kappa shape index (κ3) is 3.43. The molecule has 0 radical (unpaired) electrons. The van der Waals surface area contributed by atoms with E-state index >= 15 is 0 Å². The predicted molar refractivity (Wildman–Crippen MR) is 79.3 cm³/mol. The number of hydrogen-bond acceptors (Lipinski definition) is 3. The second-order valence-corrected chi connectivity index (χ2v) is 5.68. The van der Waals surface area contributed by atoms with Gasteiger partial charge in [0.05, 0.1) is 18.2 Å². The number of H-pyrrole nitrogens is 1. The number of nitrogens with zero attached hydrogens (tertiary/aromatic N) is 2.